The Morgan fingerprint density at radius 3 is 2.63 bits per heavy atom. The zero-order valence-corrected chi connectivity index (χ0v) is 14.8. The summed E-state index contributed by atoms with van der Waals surface area (Å²) >= 11 is 0. The summed E-state index contributed by atoms with van der Waals surface area (Å²) in [6.45, 7) is 4.38. The third-order valence-electron chi connectivity index (χ3n) is 4.42. The van der Waals surface area contributed by atoms with Gasteiger partial charge in [0.2, 0.25) is 16.9 Å². The Morgan fingerprint density at radius 1 is 1.19 bits per heavy atom. The molecular weight excluding hydrogens is 350 g/mol. The molecule has 1 atom stereocenters. The number of aliphatic carboxylic acids is 1. The van der Waals surface area contributed by atoms with Gasteiger partial charge in [0, 0.05) is 12.2 Å². The van der Waals surface area contributed by atoms with E-state index in [-0.39, 0.29) is 17.1 Å². The normalized spacial score (nSPS) is 12.5. The second-order valence-corrected chi connectivity index (χ2v) is 5.94. The maximum absolute atomic E-state index is 11.7. The minimum absolute atomic E-state index is 0.258. The van der Waals surface area contributed by atoms with E-state index in [9.17, 15) is 9.90 Å². The van der Waals surface area contributed by atoms with Crippen LogP contribution in [0.3, 0.4) is 0 Å². The molecule has 3 aromatic heterocycles. The van der Waals surface area contributed by atoms with Crippen molar-refractivity contribution in [2.75, 3.05) is 11.4 Å². The van der Waals surface area contributed by atoms with Crippen LogP contribution in [0.2, 0.25) is 0 Å². The first-order valence-corrected chi connectivity index (χ1v) is 8.58. The Balaban J connectivity index is 2.02. The summed E-state index contributed by atoms with van der Waals surface area (Å²) in [5.74, 6) is -1.04. The smallest absolute Gasteiger partial charge is 0.314 e. The molecule has 27 heavy (non-hydrogen) atoms. The number of hydrogen-bond acceptors (Lipinski definition) is 8. The number of carboxylic acids is 1. The molecule has 0 aliphatic carbocycles. The van der Waals surface area contributed by atoms with E-state index in [2.05, 4.69) is 25.5 Å². The molecule has 4 aromatic rings. The molecule has 10 nitrogen and oxygen atoms in total. The predicted octanol–water partition coefficient (Wildman–Crippen LogP) is 2.40. The maximum Gasteiger partial charge on any atom is 0.314 e. The fourth-order valence-electron chi connectivity index (χ4n) is 3.13. The van der Waals surface area contributed by atoms with E-state index in [1.807, 2.05) is 42.2 Å². The second-order valence-electron chi connectivity index (χ2n) is 5.94. The monoisotopic (exact) mass is 367 g/mol. The molecule has 138 valence electrons. The molecule has 0 saturated heterocycles. The van der Waals surface area contributed by atoms with Crippen LogP contribution < -0.4 is 4.90 Å². The number of carboxylic acid groups (broad SMARTS) is 1. The zero-order valence-electron chi connectivity index (χ0n) is 14.8. The summed E-state index contributed by atoms with van der Waals surface area (Å²) in [5.41, 5.74) is 1.87. The first-order valence-electron chi connectivity index (χ1n) is 8.58. The number of fused-ring (bicyclic) bond motifs is 3. The number of rotatable bonds is 6. The lowest BCUT2D eigenvalue weighted by Crippen LogP contribution is -2.19. The van der Waals surface area contributed by atoms with Gasteiger partial charge in [-0.1, -0.05) is 25.1 Å². The summed E-state index contributed by atoms with van der Waals surface area (Å²) in [5, 5.41) is 25.7. The number of aromatic nitrogens is 6. The fraction of sp³-hybridized carbons (Fsp3) is 0.294. The van der Waals surface area contributed by atoms with Crippen LogP contribution in [0.4, 0.5) is 11.5 Å². The molecule has 0 fully saturated rings. The highest BCUT2D eigenvalue weighted by Gasteiger charge is 2.28. The highest BCUT2D eigenvalue weighted by atomic mass is 16.6. The van der Waals surface area contributed by atoms with Gasteiger partial charge in [0.25, 0.3) is 0 Å². The van der Waals surface area contributed by atoms with Crippen LogP contribution in [-0.4, -0.2) is 47.5 Å². The largest absolute Gasteiger partial charge is 0.481 e. The van der Waals surface area contributed by atoms with Crippen molar-refractivity contribution >= 4 is 34.4 Å². The van der Waals surface area contributed by atoms with Gasteiger partial charge in [0.05, 0.1) is 0 Å². The molecule has 10 heteroatoms. The van der Waals surface area contributed by atoms with E-state index in [0.29, 0.717) is 24.4 Å². The summed E-state index contributed by atoms with van der Waals surface area (Å²) in [6, 6.07) is 9.70. The van der Waals surface area contributed by atoms with Crippen LogP contribution >= 0.6 is 0 Å². The van der Waals surface area contributed by atoms with Crippen LogP contribution in [0.15, 0.2) is 35.0 Å². The van der Waals surface area contributed by atoms with Crippen LogP contribution in [-0.2, 0) is 4.79 Å². The van der Waals surface area contributed by atoms with Gasteiger partial charge in [-0.25, -0.2) is 9.61 Å². The van der Waals surface area contributed by atoms with Crippen molar-refractivity contribution in [3.05, 3.63) is 36.2 Å². The summed E-state index contributed by atoms with van der Waals surface area (Å²) in [7, 11) is 0. The standard InChI is InChI=1S/C17H17N7O3/c1-3-11(17(25)26)13-19-20-16-15(18-12-14(24(13)16)22-27-21-12)23(4-2)10-8-6-5-7-9-10/h5-9,11H,3-4H2,1-2H3,(H,25,26). The number of anilines is 2. The van der Waals surface area contributed by atoms with Crippen LogP contribution in [0, 0.1) is 0 Å². The van der Waals surface area contributed by atoms with Gasteiger partial charge >= 0.3 is 5.97 Å². The quantitative estimate of drug-likeness (QED) is 0.547. The predicted molar refractivity (Wildman–Crippen MR) is 95.9 cm³/mol. The van der Waals surface area contributed by atoms with Gasteiger partial charge in [0.15, 0.2) is 11.6 Å². The van der Waals surface area contributed by atoms with Crippen molar-refractivity contribution in [2.45, 2.75) is 26.2 Å². The number of para-hydroxylation sites is 1. The second kappa shape index (κ2) is 6.63. The molecule has 0 aliphatic heterocycles. The van der Waals surface area contributed by atoms with Crippen molar-refractivity contribution in [1.29, 1.82) is 0 Å². The molecule has 0 bridgehead atoms. The summed E-state index contributed by atoms with van der Waals surface area (Å²) in [6.07, 6.45) is 0.358. The molecule has 1 aromatic carbocycles. The molecule has 0 radical (unpaired) electrons. The van der Waals surface area contributed by atoms with Crippen LogP contribution in [0.1, 0.15) is 32.0 Å². The Bertz CT molecular complexity index is 1110. The van der Waals surface area contributed by atoms with Crippen LogP contribution in [0.25, 0.3) is 16.9 Å². The van der Waals surface area contributed by atoms with Gasteiger partial charge in [0.1, 0.15) is 5.92 Å². The average molecular weight is 367 g/mol. The lowest BCUT2D eigenvalue weighted by molar-refractivity contribution is -0.139. The third kappa shape index (κ3) is 2.65. The fourth-order valence-corrected chi connectivity index (χ4v) is 3.13. The highest BCUT2D eigenvalue weighted by molar-refractivity contribution is 5.82. The van der Waals surface area contributed by atoms with Gasteiger partial charge < -0.3 is 10.0 Å². The van der Waals surface area contributed by atoms with E-state index in [0.717, 1.165) is 5.69 Å². The van der Waals surface area contributed by atoms with Gasteiger partial charge in [-0.05, 0) is 35.8 Å². The SMILES string of the molecule is CCC(C(=O)O)c1nnc2c(N(CC)c3ccccc3)nc3nonc3n12. The maximum atomic E-state index is 11.7. The first-order chi connectivity index (χ1) is 13.2. The lowest BCUT2D eigenvalue weighted by atomic mass is 10.1. The van der Waals surface area contributed by atoms with Crippen molar-refractivity contribution in [3.8, 4) is 0 Å². The molecule has 0 aliphatic rings. The van der Waals surface area contributed by atoms with Crippen molar-refractivity contribution in [3.63, 3.8) is 0 Å². The molecule has 1 N–H and O–H groups in total. The number of nitrogens with zero attached hydrogens (tertiary/aromatic N) is 7. The van der Waals surface area contributed by atoms with E-state index in [1.54, 1.807) is 11.3 Å². The Morgan fingerprint density at radius 2 is 1.96 bits per heavy atom. The first kappa shape index (κ1) is 16.9. The average Bonchev–Trinajstić information content (AvgIpc) is 3.30. The highest BCUT2D eigenvalue weighted by Crippen LogP contribution is 2.30. The van der Waals surface area contributed by atoms with E-state index < -0.39 is 11.9 Å². The molecule has 0 saturated carbocycles. The molecule has 0 spiro atoms. The van der Waals surface area contributed by atoms with Crippen molar-refractivity contribution in [1.82, 2.24) is 29.9 Å². The number of benzene rings is 1. The zero-order chi connectivity index (χ0) is 19.0. The van der Waals surface area contributed by atoms with Gasteiger partial charge in [-0.2, -0.15) is 0 Å². The Labute approximate surface area is 153 Å². The van der Waals surface area contributed by atoms with Gasteiger partial charge in [-0.3, -0.25) is 9.20 Å². The van der Waals surface area contributed by atoms with E-state index in [1.165, 1.54) is 0 Å². The summed E-state index contributed by atoms with van der Waals surface area (Å²) in [4.78, 5) is 18.2. The molecule has 1 unspecified atom stereocenters. The van der Waals surface area contributed by atoms with Crippen molar-refractivity contribution in [2.24, 2.45) is 0 Å². The lowest BCUT2D eigenvalue weighted by Gasteiger charge is -2.22. The topological polar surface area (TPSA) is 123 Å². The van der Waals surface area contributed by atoms with E-state index >= 15 is 0 Å². The number of hydrogen-bond donors (Lipinski definition) is 1. The Hall–Kier alpha value is -3.56. The minimum Gasteiger partial charge on any atom is -0.481 e. The molecule has 4 rings (SSSR count). The van der Waals surface area contributed by atoms with Crippen LogP contribution in [0.5, 0.6) is 0 Å². The third-order valence-corrected chi connectivity index (χ3v) is 4.42. The molecule has 0 amide bonds. The molecule has 3 heterocycles. The van der Waals surface area contributed by atoms with Crippen molar-refractivity contribution < 1.29 is 14.5 Å². The molecular formula is C17H17N7O3. The minimum atomic E-state index is -0.981. The van der Waals surface area contributed by atoms with Gasteiger partial charge in [-0.15, -0.1) is 10.2 Å². The summed E-state index contributed by atoms with van der Waals surface area (Å²) < 4.78 is 6.41. The number of carbonyl (C=O) groups is 1. The van der Waals surface area contributed by atoms with E-state index in [4.69, 9.17) is 4.63 Å². The Kier molecular flexibility index (Phi) is 4.15.